The van der Waals surface area contributed by atoms with Crippen molar-refractivity contribution in [2.45, 2.75) is 45.3 Å². The largest absolute Gasteiger partial charge is 0.391 e. The zero-order valence-electron chi connectivity index (χ0n) is 13.2. The average Bonchev–Trinajstić information content (AvgIpc) is 3.30. The van der Waals surface area contributed by atoms with Gasteiger partial charge >= 0.3 is 6.03 Å². The minimum absolute atomic E-state index is 0.268. The van der Waals surface area contributed by atoms with Crippen LogP contribution >= 0.6 is 0 Å². The summed E-state index contributed by atoms with van der Waals surface area (Å²) in [6, 6.07) is 7.34. The average molecular weight is 306 g/mol. The Morgan fingerprint density at radius 2 is 2.27 bits per heavy atom. The first kappa shape index (κ1) is 16.8. The van der Waals surface area contributed by atoms with Crippen LogP contribution in [-0.4, -0.2) is 30.4 Å². The third-order valence-corrected chi connectivity index (χ3v) is 3.62. The summed E-state index contributed by atoms with van der Waals surface area (Å²) in [4.78, 5) is 11.8. The fraction of sp³-hybridized carbons (Fsp3) is 0.588. The van der Waals surface area contributed by atoms with E-state index < -0.39 is 6.10 Å². The molecule has 0 radical (unpaired) electrons. The van der Waals surface area contributed by atoms with E-state index in [1.54, 1.807) is 0 Å². The van der Waals surface area contributed by atoms with E-state index >= 15 is 0 Å². The quantitative estimate of drug-likeness (QED) is 0.657. The van der Waals surface area contributed by atoms with E-state index in [1.165, 1.54) is 12.8 Å². The summed E-state index contributed by atoms with van der Waals surface area (Å²) in [6.45, 7) is 3.67. The first-order valence-corrected chi connectivity index (χ1v) is 8.07. The summed E-state index contributed by atoms with van der Waals surface area (Å²) in [7, 11) is 0. The van der Waals surface area contributed by atoms with Gasteiger partial charge in [-0.25, -0.2) is 4.79 Å². The van der Waals surface area contributed by atoms with Crippen molar-refractivity contribution >= 4 is 11.7 Å². The molecule has 0 aromatic heterocycles. The predicted molar refractivity (Wildman–Crippen MR) is 86.8 cm³/mol. The van der Waals surface area contributed by atoms with Crippen LogP contribution in [-0.2, 0) is 11.3 Å². The van der Waals surface area contributed by atoms with Gasteiger partial charge < -0.3 is 20.5 Å². The zero-order chi connectivity index (χ0) is 15.8. The number of anilines is 1. The van der Waals surface area contributed by atoms with Gasteiger partial charge in [-0.15, -0.1) is 0 Å². The molecule has 122 valence electrons. The van der Waals surface area contributed by atoms with E-state index in [0.717, 1.165) is 30.2 Å². The first-order valence-electron chi connectivity index (χ1n) is 8.07. The van der Waals surface area contributed by atoms with E-state index in [2.05, 4.69) is 10.6 Å². The fourth-order valence-corrected chi connectivity index (χ4v) is 2.19. The smallest absolute Gasteiger partial charge is 0.319 e. The Bertz CT molecular complexity index is 475. The van der Waals surface area contributed by atoms with Gasteiger partial charge in [-0.2, -0.15) is 0 Å². The number of aliphatic hydroxyl groups is 1. The lowest BCUT2D eigenvalue weighted by Crippen LogP contribution is -2.35. The maximum absolute atomic E-state index is 11.8. The Morgan fingerprint density at radius 1 is 1.45 bits per heavy atom. The van der Waals surface area contributed by atoms with E-state index in [0.29, 0.717) is 13.0 Å². The molecule has 1 fully saturated rings. The number of benzene rings is 1. The van der Waals surface area contributed by atoms with Gasteiger partial charge in [0.15, 0.2) is 0 Å². The third kappa shape index (κ3) is 6.45. The summed E-state index contributed by atoms with van der Waals surface area (Å²) < 4.78 is 5.65. The van der Waals surface area contributed by atoms with Gasteiger partial charge in [0.1, 0.15) is 0 Å². The summed E-state index contributed by atoms with van der Waals surface area (Å²) >= 11 is 0. The van der Waals surface area contributed by atoms with Crippen molar-refractivity contribution < 1.29 is 14.6 Å². The van der Waals surface area contributed by atoms with E-state index in [-0.39, 0.29) is 12.6 Å². The molecule has 1 aliphatic rings. The predicted octanol–water partition coefficient (Wildman–Crippen LogP) is 2.90. The van der Waals surface area contributed by atoms with Gasteiger partial charge in [-0.05, 0) is 42.9 Å². The van der Waals surface area contributed by atoms with Crippen molar-refractivity contribution in [3.05, 3.63) is 29.8 Å². The highest BCUT2D eigenvalue weighted by atomic mass is 16.5. The van der Waals surface area contributed by atoms with Gasteiger partial charge in [-0.1, -0.05) is 25.5 Å². The summed E-state index contributed by atoms with van der Waals surface area (Å²) in [5.74, 6) is 0.752. The van der Waals surface area contributed by atoms with Crippen molar-refractivity contribution in [1.29, 1.82) is 0 Å². The molecule has 1 aliphatic carbocycles. The maximum atomic E-state index is 11.8. The monoisotopic (exact) mass is 306 g/mol. The molecule has 0 saturated heterocycles. The van der Waals surface area contributed by atoms with Crippen molar-refractivity contribution in [2.75, 3.05) is 18.5 Å². The van der Waals surface area contributed by atoms with Crippen LogP contribution in [0.3, 0.4) is 0 Å². The molecule has 1 aromatic carbocycles. The highest BCUT2D eigenvalue weighted by Crippen LogP contribution is 2.29. The lowest BCUT2D eigenvalue weighted by atomic mass is 10.2. The third-order valence-electron chi connectivity index (χ3n) is 3.62. The molecule has 0 bridgehead atoms. The van der Waals surface area contributed by atoms with E-state index in [4.69, 9.17) is 4.74 Å². The highest BCUT2D eigenvalue weighted by molar-refractivity contribution is 5.89. The molecule has 0 spiro atoms. The summed E-state index contributed by atoms with van der Waals surface area (Å²) in [5.41, 5.74) is 1.78. The van der Waals surface area contributed by atoms with Crippen molar-refractivity contribution in [2.24, 2.45) is 5.92 Å². The van der Waals surface area contributed by atoms with Crippen LogP contribution in [0, 0.1) is 5.92 Å². The lowest BCUT2D eigenvalue weighted by Gasteiger charge is -2.12. The molecule has 2 rings (SSSR count). The van der Waals surface area contributed by atoms with Crippen molar-refractivity contribution in [1.82, 2.24) is 5.32 Å². The van der Waals surface area contributed by atoms with Gasteiger partial charge in [0.2, 0.25) is 0 Å². The number of aliphatic hydroxyl groups excluding tert-OH is 1. The highest BCUT2D eigenvalue weighted by Gasteiger charge is 2.21. The molecule has 2 amide bonds. The molecule has 5 heteroatoms. The minimum atomic E-state index is -0.488. The molecular weight excluding hydrogens is 280 g/mol. The molecule has 1 atom stereocenters. The van der Waals surface area contributed by atoms with Gasteiger partial charge in [0.25, 0.3) is 0 Å². The number of urea groups is 1. The molecule has 0 aliphatic heterocycles. The Morgan fingerprint density at radius 3 is 3.00 bits per heavy atom. The van der Waals surface area contributed by atoms with Crippen LogP contribution in [0.1, 0.15) is 38.2 Å². The van der Waals surface area contributed by atoms with E-state index in [1.807, 2.05) is 31.2 Å². The number of amides is 2. The van der Waals surface area contributed by atoms with Gasteiger partial charge in [0.05, 0.1) is 12.7 Å². The van der Waals surface area contributed by atoms with Crippen LogP contribution in [0.4, 0.5) is 10.5 Å². The zero-order valence-corrected chi connectivity index (χ0v) is 13.2. The topological polar surface area (TPSA) is 70.6 Å². The van der Waals surface area contributed by atoms with Crippen LogP contribution in [0.15, 0.2) is 24.3 Å². The Kier molecular flexibility index (Phi) is 6.68. The number of nitrogens with one attached hydrogen (secondary N) is 2. The second-order valence-corrected chi connectivity index (χ2v) is 5.94. The summed E-state index contributed by atoms with van der Waals surface area (Å²) in [6.07, 6.45) is 3.66. The number of carbonyl (C=O) groups excluding carboxylic acids is 1. The number of hydrogen-bond donors (Lipinski definition) is 3. The van der Waals surface area contributed by atoms with Gasteiger partial charge in [-0.3, -0.25) is 0 Å². The number of rotatable bonds is 9. The van der Waals surface area contributed by atoms with Crippen molar-refractivity contribution in [3.63, 3.8) is 0 Å². The van der Waals surface area contributed by atoms with Crippen LogP contribution in [0.5, 0.6) is 0 Å². The van der Waals surface area contributed by atoms with Crippen LogP contribution in [0.2, 0.25) is 0 Å². The maximum Gasteiger partial charge on any atom is 0.319 e. The van der Waals surface area contributed by atoms with E-state index in [9.17, 15) is 9.90 Å². The van der Waals surface area contributed by atoms with Crippen LogP contribution in [0.25, 0.3) is 0 Å². The van der Waals surface area contributed by atoms with Crippen LogP contribution < -0.4 is 10.6 Å². The first-order chi connectivity index (χ1) is 10.7. The molecule has 1 saturated carbocycles. The molecule has 0 heterocycles. The lowest BCUT2D eigenvalue weighted by molar-refractivity contribution is 0.111. The molecule has 1 aromatic rings. The molecule has 5 nitrogen and oxygen atoms in total. The number of ether oxygens (including phenoxy) is 1. The SMILES string of the molecule is CCCC(O)CNC(=O)Nc1cccc(COCC2CC2)c1. The summed E-state index contributed by atoms with van der Waals surface area (Å²) in [5, 5.41) is 15.0. The molecule has 1 unspecified atom stereocenters. The molecule has 3 N–H and O–H groups in total. The Balaban J connectivity index is 1.72. The second kappa shape index (κ2) is 8.76. The second-order valence-electron chi connectivity index (χ2n) is 5.94. The van der Waals surface area contributed by atoms with Gasteiger partial charge in [0, 0.05) is 18.8 Å². The molecule has 22 heavy (non-hydrogen) atoms. The fourth-order valence-electron chi connectivity index (χ4n) is 2.19. The molecular formula is C17H26N2O3. The number of carbonyl (C=O) groups is 1. The Labute approximate surface area is 132 Å². The Hall–Kier alpha value is -1.59. The normalized spacial score (nSPS) is 15.4. The number of hydrogen-bond acceptors (Lipinski definition) is 3. The standard InChI is InChI=1S/C17H26N2O3/c1-2-4-16(20)10-18-17(21)19-15-6-3-5-14(9-15)12-22-11-13-7-8-13/h3,5-6,9,13,16,20H,2,4,7-8,10-12H2,1H3,(H2,18,19,21). The van der Waals surface area contributed by atoms with Crippen molar-refractivity contribution in [3.8, 4) is 0 Å². The minimum Gasteiger partial charge on any atom is -0.391 e.